The van der Waals surface area contributed by atoms with Crippen molar-refractivity contribution in [1.29, 1.82) is 0 Å². The fraction of sp³-hybridized carbons (Fsp3) is 0.769. The Labute approximate surface area is 120 Å². The molecular formula is C13H23N3O3S. The first-order chi connectivity index (χ1) is 9.32. The topological polar surface area (TPSA) is 75.4 Å². The molecule has 1 aromatic heterocycles. The number of aliphatic hydroxyl groups is 1. The summed E-state index contributed by atoms with van der Waals surface area (Å²) < 4.78 is 28.0. The van der Waals surface area contributed by atoms with Gasteiger partial charge in [0.1, 0.15) is 5.82 Å². The molecule has 1 fully saturated rings. The maximum atomic E-state index is 12.4. The van der Waals surface area contributed by atoms with Crippen LogP contribution in [0.15, 0.2) is 11.2 Å². The molecule has 0 amide bonds. The molecule has 1 aliphatic heterocycles. The first-order valence-corrected chi connectivity index (χ1v) is 8.52. The molecule has 1 saturated heterocycles. The van der Waals surface area contributed by atoms with Crippen LogP contribution < -0.4 is 0 Å². The zero-order chi connectivity index (χ0) is 15.0. The third-order valence-corrected chi connectivity index (χ3v) is 5.34. The highest BCUT2D eigenvalue weighted by molar-refractivity contribution is 7.89. The van der Waals surface area contributed by atoms with Crippen molar-refractivity contribution in [2.45, 2.75) is 57.2 Å². The lowest BCUT2D eigenvalue weighted by atomic mass is 9.92. The van der Waals surface area contributed by atoms with Crippen molar-refractivity contribution in [2.75, 3.05) is 13.1 Å². The van der Waals surface area contributed by atoms with E-state index in [9.17, 15) is 13.5 Å². The lowest BCUT2D eigenvalue weighted by molar-refractivity contribution is -0.0654. The van der Waals surface area contributed by atoms with E-state index in [2.05, 4.69) is 4.98 Å². The molecule has 0 spiro atoms. The third-order valence-electron chi connectivity index (χ3n) is 3.68. The first-order valence-electron chi connectivity index (χ1n) is 7.08. The van der Waals surface area contributed by atoms with Crippen molar-refractivity contribution >= 4 is 10.0 Å². The van der Waals surface area contributed by atoms with Gasteiger partial charge in [-0.05, 0) is 19.8 Å². The molecule has 114 valence electrons. The molecule has 0 atom stereocenters. The number of imidazole rings is 1. The lowest BCUT2D eigenvalue weighted by Gasteiger charge is -2.44. The van der Waals surface area contributed by atoms with Crippen molar-refractivity contribution < 1.29 is 13.5 Å². The molecule has 1 N–H and O–H groups in total. The Morgan fingerprint density at radius 3 is 2.55 bits per heavy atom. The second-order valence-electron chi connectivity index (χ2n) is 5.57. The van der Waals surface area contributed by atoms with Gasteiger partial charge in [0.15, 0.2) is 5.03 Å². The molecule has 0 aliphatic carbocycles. The highest BCUT2D eigenvalue weighted by atomic mass is 32.2. The van der Waals surface area contributed by atoms with Crippen LogP contribution in [0.1, 0.15) is 38.9 Å². The number of aryl methyl sites for hydroxylation is 2. The minimum absolute atomic E-state index is 0.0852. The monoisotopic (exact) mass is 301 g/mol. The van der Waals surface area contributed by atoms with E-state index < -0.39 is 15.6 Å². The molecule has 0 unspecified atom stereocenters. The maximum Gasteiger partial charge on any atom is 0.262 e. The second kappa shape index (κ2) is 5.46. The van der Waals surface area contributed by atoms with Gasteiger partial charge in [0.05, 0.1) is 5.60 Å². The predicted octanol–water partition coefficient (Wildman–Crippen LogP) is 1.14. The lowest BCUT2D eigenvalue weighted by Crippen LogP contribution is -2.63. The molecule has 7 heteroatoms. The van der Waals surface area contributed by atoms with Gasteiger partial charge in [0, 0.05) is 25.8 Å². The molecule has 0 radical (unpaired) electrons. The van der Waals surface area contributed by atoms with Gasteiger partial charge in [-0.1, -0.05) is 20.3 Å². The van der Waals surface area contributed by atoms with E-state index >= 15 is 0 Å². The van der Waals surface area contributed by atoms with Gasteiger partial charge in [0.2, 0.25) is 0 Å². The van der Waals surface area contributed by atoms with Crippen LogP contribution in [-0.4, -0.2) is 46.1 Å². The van der Waals surface area contributed by atoms with Gasteiger partial charge >= 0.3 is 0 Å². The Hall–Kier alpha value is -0.920. The zero-order valence-corrected chi connectivity index (χ0v) is 13.2. The molecule has 2 rings (SSSR count). The van der Waals surface area contributed by atoms with Gasteiger partial charge in [-0.15, -0.1) is 0 Å². The van der Waals surface area contributed by atoms with Crippen molar-refractivity contribution in [3.63, 3.8) is 0 Å². The summed E-state index contributed by atoms with van der Waals surface area (Å²) in [5.74, 6) is 0.703. The average Bonchev–Trinajstić information content (AvgIpc) is 2.69. The molecule has 2 heterocycles. The van der Waals surface area contributed by atoms with E-state index in [1.54, 1.807) is 13.1 Å². The van der Waals surface area contributed by atoms with Gasteiger partial charge in [-0.3, -0.25) is 0 Å². The second-order valence-corrected chi connectivity index (χ2v) is 7.45. The molecule has 0 saturated carbocycles. The van der Waals surface area contributed by atoms with Crippen LogP contribution in [0.2, 0.25) is 0 Å². The van der Waals surface area contributed by atoms with Gasteiger partial charge < -0.3 is 9.67 Å². The van der Waals surface area contributed by atoms with E-state index in [4.69, 9.17) is 0 Å². The quantitative estimate of drug-likeness (QED) is 0.855. The van der Waals surface area contributed by atoms with Crippen LogP contribution in [0.4, 0.5) is 0 Å². The van der Waals surface area contributed by atoms with Crippen LogP contribution in [0.3, 0.4) is 0 Å². The van der Waals surface area contributed by atoms with E-state index in [1.807, 2.05) is 18.4 Å². The number of β-amino-alcohol motifs (C(OH)–C–C–N with tert-alkyl or cyclic N) is 1. The molecule has 6 nitrogen and oxygen atoms in total. The molecule has 1 aromatic rings. The smallest absolute Gasteiger partial charge is 0.262 e. The van der Waals surface area contributed by atoms with Crippen molar-refractivity contribution in [2.24, 2.45) is 0 Å². The fourth-order valence-corrected chi connectivity index (χ4v) is 4.20. The van der Waals surface area contributed by atoms with Crippen LogP contribution in [0.25, 0.3) is 0 Å². The summed E-state index contributed by atoms with van der Waals surface area (Å²) in [6.45, 7) is 6.91. The normalized spacial score (nSPS) is 19.0. The van der Waals surface area contributed by atoms with E-state index in [1.165, 1.54) is 4.31 Å². The Kier molecular flexibility index (Phi) is 4.22. The summed E-state index contributed by atoms with van der Waals surface area (Å²) in [6.07, 6.45) is 3.99. The third kappa shape index (κ3) is 2.75. The van der Waals surface area contributed by atoms with Crippen molar-refractivity contribution in [3.05, 3.63) is 12.0 Å². The number of sulfonamides is 1. The number of nitrogens with zero attached hydrogens (tertiary/aromatic N) is 3. The standard InChI is InChI=1S/C13H23N3O3S/c1-4-6-13(17)9-16(10-13)20(18,19)12-8-15(7-5-2)11(3)14-12/h8,17H,4-7,9-10H2,1-3H3. The van der Waals surface area contributed by atoms with E-state index in [-0.39, 0.29) is 18.1 Å². The van der Waals surface area contributed by atoms with Crippen molar-refractivity contribution in [1.82, 2.24) is 13.9 Å². The summed E-state index contributed by atoms with van der Waals surface area (Å²) in [5, 5.41) is 10.2. The molecular weight excluding hydrogens is 278 g/mol. The first kappa shape index (κ1) is 15.5. The fourth-order valence-electron chi connectivity index (χ4n) is 2.61. The molecule has 20 heavy (non-hydrogen) atoms. The summed E-state index contributed by atoms with van der Waals surface area (Å²) in [5.41, 5.74) is -0.858. The maximum absolute atomic E-state index is 12.4. The summed E-state index contributed by atoms with van der Waals surface area (Å²) in [7, 11) is -3.57. The van der Waals surface area contributed by atoms with Crippen LogP contribution in [-0.2, 0) is 16.6 Å². The Morgan fingerprint density at radius 2 is 2.00 bits per heavy atom. The van der Waals surface area contributed by atoms with E-state index in [0.29, 0.717) is 12.2 Å². The summed E-state index contributed by atoms with van der Waals surface area (Å²) >= 11 is 0. The van der Waals surface area contributed by atoms with E-state index in [0.717, 1.165) is 19.4 Å². The number of hydrogen-bond donors (Lipinski definition) is 1. The Balaban J connectivity index is 2.14. The van der Waals surface area contributed by atoms with Crippen LogP contribution >= 0.6 is 0 Å². The van der Waals surface area contributed by atoms with Gasteiger partial charge in [-0.25, -0.2) is 13.4 Å². The molecule has 0 aromatic carbocycles. The Morgan fingerprint density at radius 1 is 1.35 bits per heavy atom. The largest absolute Gasteiger partial charge is 0.387 e. The molecule has 0 bridgehead atoms. The van der Waals surface area contributed by atoms with Gasteiger partial charge in [-0.2, -0.15) is 4.31 Å². The van der Waals surface area contributed by atoms with Crippen molar-refractivity contribution in [3.8, 4) is 0 Å². The van der Waals surface area contributed by atoms with Crippen LogP contribution in [0.5, 0.6) is 0 Å². The minimum Gasteiger partial charge on any atom is -0.387 e. The van der Waals surface area contributed by atoms with Crippen LogP contribution in [0, 0.1) is 6.92 Å². The number of rotatable bonds is 6. The SMILES string of the molecule is CCCn1cc(S(=O)(=O)N2CC(O)(CCC)C2)nc1C. The highest BCUT2D eigenvalue weighted by Gasteiger charge is 2.47. The Bertz CT molecular complexity index is 574. The van der Waals surface area contributed by atoms with Gasteiger partial charge in [0.25, 0.3) is 10.0 Å². The number of hydrogen-bond acceptors (Lipinski definition) is 4. The average molecular weight is 301 g/mol. The minimum atomic E-state index is -3.57. The predicted molar refractivity (Wildman–Crippen MR) is 75.9 cm³/mol. The molecule has 1 aliphatic rings. The zero-order valence-electron chi connectivity index (χ0n) is 12.3. The number of aromatic nitrogens is 2. The summed E-state index contributed by atoms with van der Waals surface area (Å²) in [4.78, 5) is 4.15. The summed E-state index contributed by atoms with van der Waals surface area (Å²) in [6, 6.07) is 0. The highest BCUT2D eigenvalue weighted by Crippen LogP contribution is 2.30.